The molecule has 0 amide bonds. The van der Waals surface area contributed by atoms with Gasteiger partial charge in [0.15, 0.2) is 0 Å². The average molecular weight is 378 g/mol. The zero-order valence-electron chi connectivity index (χ0n) is 14.2. The number of rotatable bonds is 6. The second kappa shape index (κ2) is 7.88. The summed E-state index contributed by atoms with van der Waals surface area (Å²) >= 11 is 3.68. The van der Waals surface area contributed by atoms with Crippen LogP contribution in [0.5, 0.6) is 0 Å². The molecule has 5 heteroatoms. The second-order valence-electron chi connectivity index (χ2n) is 5.88. The zero-order valence-corrected chi connectivity index (χ0v) is 15.8. The number of aliphatic hydroxyl groups excluding tert-OH is 1. The maximum atomic E-state index is 9.16. The van der Waals surface area contributed by atoms with E-state index in [1.165, 1.54) is 5.56 Å². The predicted octanol–water partition coefficient (Wildman–Crippen LogP) is 4.36. The van der Waals surface area contributed by atoms with Crippen molar-refractivity contribution in [3.63, 3.8) is 0 Å². The molecule has 0 saturated heterocycles. The van der Waals surface area contributed by atoms with Gasteiger partial charge in [-0.25, -0.2) is 9.97 Å². The fourth-order valence-electron chi connectivity index (χ4n) is 2.50. The van der Waals surface area contributed by atoms with Crippen LogP contribution in [0.2, 0.25) is 0 Å². The average Bonchev–Trinajstić information content (AvgIpc) is 2.49. The Hall–Kier alpha value is -1.46. The van der Waals surface area contributed by atoms with Crippen LogP contribution in [0.15, 0.2) is 28.7 Å². The standard InChI is InChI=1S/C18H24BrN3O/c1-5-22(17-7-6-14(12(2)3)11-16(17)19)18-20-13(4)10-15(21-18)8-9-23/h6-7,10-12,23H,5,8-9H2,1-4H3. The summed E-state index contributed by atoms with van der Waals surface area (Å²) in [6, 6.07) is 8.34. The fraction of sp³-hybridized carbons (Fsp3) is 0.444. The third kappa shape index (κ3) is 4.30. The minimum absolute atomic E-state index is 0.0921. The van der Waals surface area contributed by atoms with Crippen molar-refractivity contribution < 1.29 is 5.11 Å². The minimum atomic E-state index is 0.0921. The van der Waals surface area contributed by atoms with Crippen molar-refractivity contribution in [3.05, 3.63) is 45.7 Å². The molecule has 4 nitrogen and oxygen atoms in total. The van der Waals surface area contributed by atoms with Gasteiger partial charge in [-0.1, -0.05) is 19.9 Å². The van der Waals surface area contributed by atoms with Crippen molar-refractivity contribution in [1.82, 2.24) is 9.97 Å². The van der Waals surface area contributed by atoms with Crippen LogP contribution in [0, 0.1) is 6.92 Å². The first kappa shape index (κ1) is 17.9. The molecule has 1 heterocycles. The van der Waals surface area contributed by atoms with E-state index in [9.17, 15) is 0 Å². The molecule has 0 fully saturated rings. The molecule has 0 bridgehead atoms. The Labute approximate surface area is 146 Å². The number of aliphatic hydroxyl groups is 1. The van der Waals surface area contributed by atoms with Crippen molar-refractivity contribution >= 4 is 27.6 Å². The fourth-order valence-corrected chi connectivity index (χ4v) is 3.11. The molecule has 0 aliphatic carbocycles. The summed E-state index contributed by atoms with van der Waals surface area (Å²) in [5.41, 5.74) is 4.12. The summed E-state index contributed by atoms with van der Waals surface area (Å²) in [6.45, 7) is 9.27. The number of aryl methyl sites for hydroxylation is 1. The van der Waals surface area contributed by atoms with Gasteiger partial charge in [-0.3, -0.25) is 0 Å². The first-order valence-electron chi connectivity index (χ1n) is 7.98. The molecule has 23 heavy (non-hydrogen) atoms. The highest BCUT2D eigenvalue weighted by Crippen LogP contribution is 2.33. The van der Waals surface area contributed by atoms with Crippen LogP contribution in [-0.2, 0) is 6.42 Å². The number of anilines is 2. The summed E-state index contributed by atoms with van der Waals surface area (Å²) in [7, 11) is 0. The summed E-state index contributed by atoms with van der Waals surface area (Å²) < 4.78 is 1.04. The van der Waals surface area contributed by atoms with Crippen LogP contribution in [0.3, 0.4) is 0 Å². The maximum Gasteiger partial charge on any atom is 0.230 e. The zero-order chi connectivity index (χ0) is 17.0. The third-order valence-corrected chi connectivity index (χ3v) is 4.39. The van der Waals surface area contributed by atoms with Crippen molar-refractivity contribution in [2.24, 2.45) is 0 Å². The number of nitrogens with zero attached hydrogens (tertiary/aromatic N) is 3. The molecule has 0 aliphatic rings. The largest absolute Gasteiger partial charge is 0.396 e. The number of halogens is 1. The van der Waals surface area contributed by atoms with Crippen LogP contribution < -0.4 is 4.90 Å². The Bertz CT molecular complexity index is 673. The topological polar surface area (TPSA) is 49.2 Å². The molecule has 0 saturated carbocycles. The molecule has 0 unspecified atom stereocenters. The molecule has 1 N–H and O–H groups in total. The quantitative estimate of drug-likeness (QED) is 0.811. The van der Waals surface area contributed by atoms with Gasteiger partial charge in [0.05, 0.1) is 5.69 Å². The molecule has 0 atom stereocenters. The Balaban J connectivity index is 2.44. The lowest BCUT2D eigenvalue weighted by molar-refractivity contribution is 0.298. The van der Waals surface area contributed by atoms with Crippen molar-refractivity contribution in [2.75, 3.05) is 18.1 Å². The van der Waals surface area contributed by atoms with E-state index >= 15 is 0 Å². The lowest BCUT2D eigenvalue weighted by Gasteiger charge is -2.24. The lowest BCUT2D eigenvalue weighted by Crippen LogP contribution is -2.20. The summed E-state index contributed by atoms with van der Waals surface area (Å²) in [4.78, 5) is 11.3. The molecule has 124 valence electrons. The van der Waals surface area contributed by atoms with Crippen LogP contribution in [0.1, 0.15) is 43.6 Å². The monoisotopic (exact) mass is 377 g/mol. The molecule has 2 rings (SSSR count). The van der Waals surface area contributed by atoms with Crippen molar-refractivity contribution in [3.8, 4) is 0 Å². The molecule has 2 aromatic rings. The maximum absolute atomic E-state index is 9.16. The smallest absolute Gasteiger partial charge is 0.230 e. The van der Waals surface area contributed by atoms with E-state index in [1.54, 1.807) is 0 Å². The van der Waals surface area contributed by atoms with Gasteiger partial charge in [-0.05, 0) is 59.5 Å². The van der Waals surface area contributed by atoms with Gasteiger partial charge in [-0.2, -0.15) is 0 Å². The summed E-state index contributed by atoms with van der Waals surface area (Å²) in [5, 5.41) is 9.16. The van der Waals surface area contributed by atoms with E-state index in [-0.39, 0.29) is 6.61 Å². The molecule has 0 spiro atoms. The third-order valence-electron chi connectivity index (χ3n) is 3.75. The summed E-state index contributed by atoms with van der Waals surface area (Å²) in [5.74, 6) is 1.16. The summed E-state index contributed by atoms with van der Waals surface area (Å²) in [6.07, 6.45) is 0.543. The number of hydrogen-bond donors (Lipinski definition) is 1. The van der Waals surface area contributed by atoms with Gasteiger partial charge in [0, 0.05) is 35.4 Å². The molecular formula is C18H24BrN3O. The van der Waals surface area contributed by atoms with E-state index in [0.717, 1.165) is 28.1 Å². The normalized spacial score (nSPS) is 11.1. The van der Waals surface area contributed by atoms with Crippen LogP contribution in [0.4, 0.5) is 11.6 Å². The van der Waals surface area contributed by atoms with E-state index in [2.05, 4.69) is 69.8 Å². The number of aromatic nitrogens is 2. The molecular weight excluding hydrogens is 354 g/mol. The first-order valence-corrected chi connectivity index (χ1v) is 8.78. The van der Waals surface area contributed by atoms with Gasteiger partial charge in [-0.15, -0.1) is 0 Å². The van der Waals surface area contributed by atoms with Crippen LogP contribution in [-0.4, -0.2) is 28.2 Å². The second-order valence-corrected chi connectivity index (χ2v) is 6.74. The van der Waals surface area contributed by atoms with Gasteiger partial charge in [0.25, 0.3) is 0 Å². The predicted molar refractivity (Wildman–Crippen MR) is 98.5 cm³/mol. The SMILES string of the molecule is CCN(c1nc(C)cc(CCO)n1)c1ccc(C(C)C)cc1Br. The molecule has 1 aromatic heterocycles. The van der Waals surface area contributed by atoms with Crippen LogP contribution >= 0.6 is 15.9 Å². The highest BCUT2D eigenvalue weighted by Gasteiger charge is 2.15. The van der Waals surface area contributed by atoms with Crippen LogP contribution in [0.25, 0.3) is 0 Å². The Kier molecular flexibility index (Phi) is 6.13. The highest BCUT2D eigenvalue weighted by atomic mass is 79.9. The number of hydrogen-bond acceptors (Lipinski definition) is 4. The molecule has 1 aromatic carbocycles. The van der Waals surface area contributed by atoms with Gasteiger partial charge in [0.2, 0.25) is 5.95 Å². The molecule has 0 radical (unpaired) electrons. The van der Waals surface area contributed by atoms with Crippen molar-refractivity contribution in [2.45, 2.75) is 40.0 Å². The van der Waals surface area contributed by atoms with E-state index in [4.69, 9.17) is 5.11 Å². The van der Waals surface area contributed by atoms with E-state index in [0.29, 0.717) is 18.3 Å². The minimum Gasteiger partial charge on any atom is -0.396 e. The van der Waals surface area contributed by atoms with Gasteiger partial charge < -0.3 is 10.0 Å². The Morgan fingerprint density at radius 2 is 1.96 bits per heavy atom. The number of benzene rings is 1. The first-order chi connectivity index (χ1) is 11.0. The molecule has 0 aliphatic heterocycles. The Morgan fingerprint density at radius 1 is 1.22 bits per heavy atom. The lowest BCUT2D eigenvalue weighted by atomic mass is 10.0. The van der Waals surface area contributed by atoms with E-state index in [1.807, 2.05) is 13.0 Å². The highest BCUT2D eigenvalue weighted by molar-refractivity contribution is 9.10. The van der Waals surface area contributed by atoms with Gasteiger partial charge >= 0.3 is 0 Å². The Morgan fingerprint density at radius 3 is 2.52 bits per heavy atom. The van der Waals surface area contributed by atoms with E-state index < -0.39 is 0 Å². The van der Waals surface area contributed by atoms with Gasteiger partial charge in [0.1, 0.15) is 0 Å². The van der Waals surface area contributed by atoms with Crippen molar-refractivity contribution in [1.29, 1.82) is 0 Å².